The molecular weight excluding hydrogens is 318 g/mol. The highest BCUT2D eigenvalue weighted by Crippen LogP contribution is 2.26. The van der Waals surface area contributed by atoms with Crippen LogP contribution in [0.1, 0.15) is 0 Å². The first-order chi connectivity index (χ1) is 10.7. The van der Waals surface area contributed by atoms with Gasteiger partial charge in [-0.25, -0.2) is 4.99 Å². The Balaban J connectivity index is 2.13. The topological polar surface area (TPSA) is 68.6 Å². The quantitative estimate of drug-likeness (QED) is 0.582. The number of benzene rings is 2. The van der Waals surface area contributed by atoms with Crippen molar-refractivity contribution in [1.82, 2.24) is 14.4 Å². The number of hydrogen-bond acceptors (Lipinski definition) is 5. The molecule has 2 heterocycles. The van der Waals surface area contributed by atoms with Crippen molar-refractivity contribution in [2.24, 2.45) is 4.99 Å². The van der Waals surface area contributed by atoms with Crippen molar-refractivity contribution in [2.45, 2.75) is 0 Å². The van der Waals surface area contributed by atoms with Gasteiger partial charge in [-0.1, -0.05) is 41.1 Å². The molecule has 4 aromatic rings. The van der Waals surface area contributed by atoms with Crippen LogP contribution in [0.4, 0.5) is 11.6 Å². The van der Waals surface area contributed by atoms with E-state index in [4.69, 9.17) is 17.3 Å². The van der Waals surface area contributed by atoms with Gasteiger partial charge in [0.25, 0.3) is 0 Å². The van der Waals surface area contributed by atoms with Crippen LogP contribution in [0.5, 0.6) is 0 Å². The third-order valence-electron chi connectivity index (χ3n) is 3.17. The number of thiazole rings is 1. The summed E-state index contributed by atoms with van der Waals surface area (Å²) < 4.78 is 2.90. The van der Waals surface area contributed by atoms with E-state index in [1.807, 2.05) is 52.9 Å². The summed E-state index contributed by atoms with van der Waals surface area (Å²) in [6.07, 6.45) is 0. The number of para-hydroxylation sites is 1. The lowest BCUT2D eigenvalue weighted by Gasteiger charge is -1.99. The van der Waals surface area contributed by atoms with Crippen LogP contribution in [0, 0.1) is 0 Å². The molecule has 0 aliphatic carbocycles. The van der Waals surface area contributed by atoms with E-state index in [1.54, 1.807) is 0 Å². The van der Waals surface area contributed by atoms with Crippen molar-refractivity contribution in [1.29, 1.82) is 0 Å². The molecule has 7 heteroatoms. The summed E-state index contributed by atoms with van der Waals surface area (Å²) in [7, 11) is 0. The third-order valence-corrected chi connectivity index (χ3v) is 4.40. The molecule has 0 aliphatic rings. The van der Waals surface area contributed by atoms with E-state index < -0.39 is 0 Å². The molecule has 0 bridgehead atoms. The number of aromatic nitrogens is 3. The summed E-state index contributed by atoms with van der Waals surface area (Å²) in [6, 6.07) is 15.3. The largest absolute Gasteiger partial charge is 0.368 e. The molecule has 0 fully saturated rings. The van der Waals surface area contributed by atoms with Crippen LogP contribution in [-0.2, 0) is 0 Å². The second kappa shape index (κ2) is 5.08. The highest BCUT2D eigenvalue weighted by Gasteiger charge is 2.09. The summed E-state index contributed by atoms with van der Waals surface area (Å²) in [6.45, 7) is 0. The summed E-state index contributed by atoms with van der Waals surface area (Å²) in [5.41, 5.74) is 8.08. The molecule has 108 valence electrons. The van der Waals surface area contributed by atoms with Gasteiger partial charge in [0.05, 0.1) is 15.9 Å². The maximum absolute atomic E-state index is 6.06. The van der Waals surface area contributed by atoms with Crippen LogP contribution in [0.3, 0.4) is 0 Å². The lowest BCUT2D eigenvalue weighted by molar-refractivity contribution is 0.948. The fourth-order valence-corrected chi connectivity index (χ4v) is 3.53. The highest BCUT2D eigenvalue weighted by molar-refractivity contribution is 7.23. The van der Waals surface area contributed by atoms with Gasteiger partial charge in [-0.05, 0) is 30.3 Å². The Morgan fingerprint density at radius 3 is 2.73 bits per heavy atom. The lowest BCUT2D eigenvalue weighted by atomic mass is 10.3. The predicted molar refractivity (Wildman–Crippen MR) is 89.5 cm³/mol. The molecule has 0 radical (unpaired) electrons. The molecule has 0 aliphatic heterocycles. The van der Waals surface area contributed by atoms with Crippen LogP contribution in [0.15, 0.2) is 53.5 Å². The number of anilines is 1. The molecule has 0 saturated heterocycles. The zero-order valence-corrected chi connectivity index (χ0v) is 12.8. The molecule has 22 heavy (non-hydrogen) atoms. The third kappa shape index (κ3) is 2.22. The summed E-state index contributed by atoms with van der Waals surface area (Å²) in [5.74, 6) is 0.201. The van der Waals surface area contributed by atoms with Gasteiger partial charge in [-0.15, -0.1) is 0 Å². The van der Waals surface area contributed by atoms with E-state index in [2.05, 4.69) is 15.0 Å². The maximum atomic E-state index is 6.06. The van der Waals surface area contributed by atoms with Crippen molar-refractivity contribution >= 4 is 49.8 Å². The van der Waals surface area contributed by atoms with Gasteiger partial charge >= 0.3 is 0 Å². The van der Waals surface area contributed by atoms with Crippen molar-refractivity contribution in [2.75, 3.05) is 5.73 Å². The molecular formula is C15H10ClN5S. The molecule has 0 saturated carbocycles. The van der Waals surface area contributed by atoms with E-state index in [1.165, 1.54) is 11.3 Å². The predicted octanol–water partition coefficient (Wildman–Crippen LogP) is 3.41. The minimum absolute atomic E-state index is 0.201. The molecule has 2 aromatic carbocycles. The number of fused-ring (bicyclic) bond motifs is 3. The van der Waals surface area contributed by atoms with E-state index in [9.17, 15) is 0 Å². The van der Waals surface area contributed by atoms with Gasteiger partial charge in [-0.2, -0.15) is 9.97 Å². The van der Waals surface area contributed by atoms with E-state index in [0.29, 0.717) is 10.6 Å². The lowest BCUT2D eigenvalue weighted by Crippen LogP contribution is -2.20. The monoisotopic (exact) mass is 327 g/mol. The first-order valence-corrected chi connectivity index (χ1v) is 7.74. The van der Waals surface area contributed by atoms with Gasteiger partial charge in [0.2, 0.25) is 16.5 Å². The van der Waals surface area contributed by atoms with Crippen molar-refractivity contribution < 1.29 is 0 Å². The highest BCUT2D eigenvalue weighted by atomic mass is 35.5. The molecule has 2 N–H and O–H groups in total. The SMILES string of the molecule is Nc1n/c(=N\c2ccccc2)n2c(n1)sc1cc(Cl)ccc12. The Bertz CT molecular complexity index is 1050. The maximum Gasteiger partial charge on any atom is 0.240 e. The molecule has 0 amide bonds. The smallest absolute Gasteiger partial charge is 0.240 e. The number of rotatable bonds is 1. The first kappa shape index (κ1) is 13.2. The molecule has 2 aromatic heterocycles. The Morgan fingerprint density at radius 1 is 1.09 bits per heavy atom. The average Bonchev–Trinajstić information content (AvgIpc) is 2.85. The summed E-state index contributed by atoms with van der Waals surface area (Å²) in [5, 5.41) is 0.683. The zero-order valence-electron chi connectivity index (χ0n) is 11.3. The Morgan fingerprint density at radius 2 is 1.91 bits per heavy atom. The van der Waals surface area contributed by atoms with Crippen molar-refractivity contribution in [3.8, 4) is 0 Å². The van der Waals surface area contributed by atoms with Crippen molar-refractivity contribution in [3.05, 3.63) is 59.2 Å². The summed E-state index contributed by atoms with van der Waals surface area (Å²) in [4.78, 5) is 13.9. The van der Waals surface area contributed by atoms with Gasteiger partial charge in [0.1, 0.15) is 0 Å². The van der Waals surface area contributed by atoms with Gasteiger partial charge in [0, 0.05) is 5.02 Å². The normalized spacial score (nSPS) is 12.3. The number of nitrogens with zero attached hydrogens (tertiary/aromatic N) is 4. The second-order valence-corrected chi connectivity index (χ2v) is 6.11. The Labute approximate surface area is 134 Å². The first-order valence-electron chi connectivity index (χ1n) is 6.55. The number of halogens is 1. The zero-order chi connectivity index (χ0) is 15.1. The molecule has 5 nitrogen and oxygen atoms in total. The van der Waals surface area contributed by atoms with Gasteiger partial charge in [-0.3, -0.25) is 4.40 Å². The van der Waals surface area contributed by atoms with Gasteiger partial charge < -0.3 is 5.73 Å². The van der Waals surface area contributed by atoms with Crippen LogP contribution < -0.4 is 11.4 Å². The minimum Gasteiger partial charge on any atom is -0.368 e. The standard InChI is InChI=1S/C15H10ClN5S/c16-9-6-7-11-12(8-9)22-15-20-13(17)19-14(21(11)15)18-10-4-2-1-3-5-10/h1-8H,(H2,17,18,19). The van der Waals surface area contributed by atoms with E-state index >= 15 is 0 Å². The van der Waals surface area contributed by atoms with Crippen LogP contribution >= 0.6 is 22.9 Å². The van der Waals surface area contributed by atoms with Gasteiger partial charge in [0.15, 0.2) is 0 Å². The van der Waals surface area contributed by atoms with Crippen molar-refractivity contribution in [3.63, 3.8) is 0 Å². The average molecular weight is 328 g/mol. The molecule has 0 spiro atoms. The summed E-state index contributed by atoms with van der Waals surface area (Å²) >= 11 is 7.56. The molecule has 4 rings (SSSR count). The van der Waals surface area contributed by atoms with E-state index in [0.717, 1.165) is 20.9 Å². The Kier molecular flexibility index (Phi) is 3.06. The van der Waals surface area contributed by atoms with Crippen LogP contribution in [0.2, 0.25) is 5.02 Å². The fourth-order valence-electron chi connectivity index (χ4n) is 2.24. The number of nitrogens with two attached hydrogens (primary N) is 1. The molecule has 0 unspecified atom stereocenters. The van der Waals surface area contributed by atoms with E-state index in [-0.39, 0.29) is 5.95 Å². The van der Waals surface area contributed by atoms with Crippen LogP contribution in [0.25, 0.3) is 15.2 Å². The minimum atomic E-state index is 0.201. The number of nitrogen functional groups attached to an aromatic ring is 1. The van der Waals surface area contributed by atoms with Crippen LogP contribution in [-0.4, -0.2) is 14.4 Å². The second-order valence-electron chi connectivity index (χ2n) is 4.66. The molecule has 0 atom stereocenters. The fraction of sp³-hybridized carbons (Fsp3) is 0. The number of hydrogen-bond donors (Lipinski definition) is 1. The Hall–Kier alpha value is -2.44.